The van der Waals surface area contributed by atoms with Crippen LogP contribution in [0.4, 0.5) is 0 Å². The molecule has 1 aliphatic rings. The minimum atomic E-state index is 0.680. The average molecular weight is 309 g/mol. The van der Waals surface area contributed by atoms with Gasteiger partial charge in [0.2, 0.25) is 0 Å². The van der Waals surface area contributed by atoms with Gasteiger partial charge in [-0.05, 0) is 28.8 Å². The predicted molar refractivity (Wildman–Crippen MR) is 88.9 cm³/mol. The Morgan fingerprint density at radius 3 is 2.36 bits per heavy atom. The molecule has 3 rings (SSSR count). The molecule has 2 aromatic carbocycles. The number of allylic oxidation sites excluding steroid dienone is 1. The molecule has 1 aliphatic heterocycles. The van der Waals surface area contributed by atoms with E-state index in [1.54, 1.807) is 26.0 Å². The van der Waals surface area contributed by atoms with Gasteiger partial charge in [0.1, 0.15) is 6.07 Å². The summed E-state index contributed by atoms with van der Waals surface area (Å²) in [5.74, 6) is 2.16. The van der Waals surface area contributed by atoms with Crippen LogP contribution in [-0.2, 0) is 5.75 Å². The molecule has 0 spiro atoms. The third-order valence-electron chi connectivity index (χ3n) is 3.64. The molecule has 0 aliphatic carbocycles. The van der Waals surface area contributed by atoms with E-state index in [1.165, 1.54) is 0 Å². The summed E-state index contributed by atoms with van der Waals surface area (Å²) in [6, 6.07) is 16.3. The zero-order chi connectivity index (χ0) is 15.5. The Balaban J connectivity index is 2.25. The summed E-state index contributed by atoms with van der Waals surface area (Å²) in [5, 5.41) is 9.49. The van der Waals surface area contributed by atoms with Gasteiger partial charge in [-0.1, -0.05) is 30.3 Å². The maximum atomic E-state index is 9.49. The smallest absolute Gasteiger partial charge is 0.161 e. The molecular formula is C18H15NO2S. The van der Waals surface area contributed by atoms with Crippen LogP contribution in [0, 0.1) is 11.3 Å². The Bertz CT molecular complexity index is 776. The number of ether oxygens (including phenoxy) is 2. The SMILES string of the molecule is COc1cc2c(cc1OC)C(c1ccccc1)=C(C#N)SC2. The standard InChI is InChI=1S/C18H15NO2S/c1-20-15-8-13-11-22-17(10-19)18(12-6-4-3-5-7-12)14(13)9-16(15)21-2/h3-9H,11H2,1-2H3. The third-order valence-corrected chi connectivity index (χ3v) is 4.68. The molecule has 0 saturated carbocycles. The Labute approximate surface area is 134 Å². The zero-order valence-corrected chi connectivity index (χ0v) is 13.2. The van der Waals surface area contributed by atoms with Gasteiger partial charge in [0, 0.05) is 11.3 Å². The van der Waals surface area contributed by atoms with E-state index < -0.39 is 0 Å². The molecule has 0 unspecified atom stereocenters. The summed E-state index contributed by atoms with van der Waals surface area (Å²) in [4.78, 5) is 0.742. The topological polar surface area (TPSA) is 42.2 Å². The first kappa shape index (κ1) is 14.6. The number of hydrogen-bond donors (Lipinski definition) is 0. The molecular weight excluding hydrogens is 294 g/mol. The van der Waals surface area contributed by atoms with Crippen LogP contribution < -0.4 is 9.47 Å². The molecule has 0 aromatic heterocycles. The lowest BCUT2D eigenvalue weighted by molar-refractivity contribution is 0.354. The minimum absolute atomic E-state index is 0.680. The lowest BCUT2D eigenvalue weighted by atomic mass is 9.93. The summed E-state index contributed by atoms with van der Waals surface area (Å²) >= 11 is 1.56. The van der Waals surface area contributed by atoms with Crippen molar-refractivity contribution in [3.63, 3.8) is 0 Å². The van der Waals surface area contributed by atoms with Crippen molar-refractivity contribution in [3.05, 3.63) is 64.1 Å². The molecule has 22 heavy (non-hydrogen) atoms. The molecule has 0 saturated heterocycles. The summed E-state index contributed by atoms with van der Waals surface area (Å²) < 4.78 is 10.8. The molecule has 0 atom stereocenters. The first-order valence-corrected chi connectivity index (χ1v) is 7.85. The van der Waals surface area contributed by atoms with Crippen molar-refractivity contribution < 1.29 is 9.47 Å². The Kier molecular flexibility index (Phi) is 4.08. The number of rotatable bonds is 3. The van der Waals surface area contributed by atoms with Crippen LogP contribution >= 0.6 is 11.8 Å². The van der Waals surface area contributed by atoms with Gasteiger partial charge >= 0.3 is 0 Å². The molecule has 2 aromatic rings. The first-order valence-electron chi connectivity index (χ1n) is 6.86. The van der Waals surface area contributed by atoms with E-state index in [2.05, 4.69) is 6.07 Å². The number of nitriles is 1. The zero-order valence-electron chi connectivity index (χ0n) is 12.4. The Morgan fingerprint density at radius 2 is 1.73 bits per heavy atom. The van der Waals surface area contributed by atoms with E-state index >= 15 is 0 Å². The van der Waals surface area contributed by atoms with E-state index in [1.807, 2.05) is 42.5 Å². The number of benzene rings is 2. The second kappa shape index (κ2) is 6.17. The highest BCUT2D eigenvalue weighted by atomic mass is 32.2. The molecule has 4 heteroatoms. The number of hydrogen-bond acceptors (Lipinski definition) is 4. The van der Waals surface area contributed by atoms with Gasteiger partial charge in [0.25, 0.3) is 0 Å². The van der Waals surface area contributed by atoms with Crippen molar-refractivity contribution >= 4 is 17.3 Å². The van der Waals surface area contributed by atoms with Crippen LogP contribution in [0.15, 0.2) is 47.4 Å². The molecule has 0 bridgehead atoms. The molecule has 1 heterocycles. The van der Waals surface area contributed by atoms with Gasteiger partial charge in [-0.15, -0.1) is 11.8 Å². The number of methoxy groups -OCH3 is 2. The van der Waals surface area contributed by atoms with Gasteiger partial charge in [-0.3, -0.25) is 0 Å². The second-order valence-corrected chi connectivity index (χ2v) is 5.82. The van der Waals surface area contributed by atoms with Crippen molar-refractivity contribution in [1.82, 2.24) is 0 Å². The highest BCUT2D eigenvalue weighted by Crippen LogP contribution is 2.44. The second-order valence-electron chi connectivity index (χ2n) is 4.83. The van der Waals surface area contributed by atoms with E-state index in [-0.39, 0.29) is 0 Å². The summed E-state index contributed by atoms with van der Waals surface area (Å²) in [5.41, 5.74) is 4.20. The van der Waals surface area contributed by atoms with Crippen molar-refractivity contribution in [2.45, 2.75) is 5.75 Å². The van der Waals surface area contributed by atoms with Crippen molar-refractivity contribution in [1.29, 1.82) is 5.26 Å². The lowest BCUT2D eigenvalue weighted by Crippen LogP contribution is -2.04. The highest BCUT2D eigenvalue weighted by Gasteiger charge is 2.23. The minimum Gasteiger partial charge on any atom is -0.493 e. The third kappa shape index (κ3) is 2.44. The largest absolute Gasteiger partial charge is 0.493 e. The predicted octanol–water partition coefficient (Wildman–Crippen LogP) is 4.23. The van der Waals surface area contributed by atoms with Crippen molar-refractivity contribution in [2.75, 3.05) is 14.2 Å². The van der Waals surface area contributed by atoms with E-state index in [9.17, 15) is 5.26 Å². The quantitative estimate of drug-likeness (QED) is 0.850. The summed E-state index contributed by atoms with van der Waals surface area (Å²) in [6.45, 7) is 0. The molecule has 0 amide bonds. The maximum absolute atomic E-state index is 9.49. The number of thioether (sulfide) groups is 1. The van der Waals surface area contributed by atoms with Crippen LogP contribution in [0.1, 0.15) is 16.7 Å². The first-order chi connectivity index (χ1) is 10.8. The van der Waals surface area contributed by atoms with Gasteiger partial charge in [-0.25, -0.2) is 0 Å². The lowest BCUT2D eigenvalue weighted by Gasteiger charge is -2.22. The average Bonchev–Trinajstić information content (AvgIpc) is 2.60. The van der Waals surface area contributed by atoms with Gasteiger partial charge in [-0.2, -0.15) is 5.26 Å². The van der Waals surface area contributed by atoms with Crippen LogP contribution in [-0.4, -0.2) is 14.2 Å². The normalized spacial score (nSPS) is 13.3. The van der Waals surface area contributed by atoms with Crippen molar-refractivity contribution in [2.24, 2.45) is 0 Å². The van der Waals surface area contributed by atoms with Crippen LogP contribution in [0.2, 0.25) is 0 Å². The highest BCUT2D eigenvalue weighted by molar-refractivity contribution is 8.02. The van der Waals surface area contributed by atoms with Crippen LogP contribution in [0.25, 0.3) is 5.57 Å². The fourth-order valence-corrected chi connectivity index (χ4v) is 3.57. The van der Waals surface area contributed by atoms with E-state index in [4.69, 9.17) is 9.47 Å². The molecule has 3 nitrogen and oxygen atoms in total. The van der Waals surface area contributed by atoms with Gasteiger partial charge in [0.15, 0.2) is 11.5 Å². The fourth-order valence-electron chi connectivity index (χ4n) is 2.60. The molecule has 0 fully saturated rings. The van der Waals surface area contributed by atoms with E-state index in [0.29, 0.717) is 5.75 Å². The van der Waals surface area contributed by atoms with Crippen LogP contribution in [0.5, 0.6) is 11.5 Å². The van der Waals surface area contributed by atoms with Crippen molar-refractivity contribution in [3.8, 4) is 17.6 Å². The van der Waals surface area contributed by atoms with Gasteiger partial charge in [0.05, 0.1) is 19.1 Å². The summed E-state index contributed by atoms with van der Waals surface area (Å²) in [7, 11) is 3.26. The fraction of sp³-hybridized carbons (Fsp3) is 0.167. The van der Waals surface area contributed by atoms with Crippen LogP contribution in [0.3, 0.4) is 0 Å². The molecule has 110 valence electrons. The molecule has 0 radical (unpaired) electrons. The Morgan fingerprint density at radius 1 is 1.05 bits per heavy atom. The number of fused-ring (bicyclic) bond motifs is 1. The maximum Gasteiger partial charge on any atom is 0.161 e. The van der Waals surface area contributed by atoms with E-state index in [0.717, 1.165) is 38.7 Å². The summed E-state index contributed by atoms with van der Waals surface area (Å²) in [6.07, 6.45) is 0. The number of nitrogens with zero attached hydrogens (tertiary/aromatic N) is 1. The Hall–Kier alpha value is -2.38. The van der Waals surface area contributed by atoms with Gasteiger partial charge < -0.3 is 9.47 Å². The molecule has 0 N–H and O–H groups in total. The monoisotopic (exact) mass is 309 g/mol.